The smallest absolute Gasteiger partial charge is 0.287 e. The lowest BCUT2D eigenvalue weighted by Crippen LogP contribution is -2.26. The van der Waals surface area contributed by atoms with E-state index in [9.17, 15) is 13.2 Å². The van der Waals surface area contributed by atoms with Crippen LogP contribution in [0.4, 0.5) is 0 Å². The number of carbonyl (C=O) groups is 1. The van der Waals surface area contributed by atoms with Gasteiger partial charge in [0, 0.05) is 17.2 Å². The van der Waals surface area contributed by atoms with Crippen LogP contribution in [0.1, 0.15) is 34.6 Å². The van der Waals surface area contributed by atoms with Crippen LogP contribution in [-0.2, 0) is 9.84 Å². The van der Waals surface area contributed by atoms with Crippen molar-refractivity contribution < 1.29 is 17.6 Å². The summed E-state index contributed by atoms with van der Waals surface area (Å²) in [6, 6.07) is 13.7. The first-order valence-electron chi connectivity index (χ1n) is 7.86. The van der Waals surface area contributed by atoms with Gasteiger partial charge in [0.15, 0.2) is 15.6 Å². The van der Waals surface area contributed by atoms with Crippen molar-refractivity contribution >= 4 is 26.7 Å². The molecule has 0 bridgehead atoms. The van der Waals surface area contributed by atoms with Crippen molar-refractivity contribution in [2.24, 2.45) is 0 Å². The molecule has 130 valence electrons. The lowest BCUT2D eigenvalue weighted by Gasteiger charge is -2.14. The van der Waals surface area contributed by atoms with Crippen LogP contribution in [0.5, 0.6) is 0 Å². The maximum atomic E-state index is 12.5. The predicted octanol–water partition coefficient (Wildman–Crippen LogP) is 3.64. The van der Waals surface area contributed by atoms with E-state index in [1.165, 1.54) is 0 Å². The molecule has 0 saturated carbocycles. The average molecular weight is 357 g/mol. The molecule has 1 amide bonds. The number of fused-ring (bicyclic) bond motifs is 1. The fraction of sp³-hybridized carbons (Fsp3) is 0.211. The molecular weight excluding hydrogens is 338 g/mol. The summed E-state index contributed by atoms with van der Waals surface area (Å²) >= 11 is 0. The highest BCUT2D eigenvalue weighted by Gasteiger charge is 2.19. The molecule has 5 nitrogen and oxygen atoms in total. The summed E-state index contributed by atoms with van der Waals surface area (Å²) in [5, 5.41) is 3.80. The van der Waals surface area contributed by atoms with Gasteiger partial charge in [-0.2, -0.15) is 0 Å². The van der Waals surface area contributed by atoms with Gasteiger partial charge in [-0.05, 0) is 37.6 Å². The van der Waals surface area contributed by atoms with Crippen molar-refractivity contribution in [3.05, 3.63) is 65.4 Å². The monoisotopic (exact) mass is 357 g/mol. The van der Waals surface area contributed by atoms with E-state index < -0.39 is 9.84 Å². The van der Waals surface area contributed by atoms with Crippen LogP contribution in [0, 0.1) is 6.92 Å². The normalized spacial score (nSPS) is 12.9. The molecular formula is C19H19NO4S. The standard InChI is InChI=1S/C19H19NO4S/c1-12-16-6-4-5-7-17(16)24-18(12)19(21)20-13(2)14-8-10-15(11-9-14)25(3,22)23/h4-11,13H,1-3H3,(H,20,21). The van der Waals surface area contributed by atoms with E-state index in [4.69, 9.17) is 4.42 Å². The highest BCUT2D eigenvalue weighted by atomic mass is 32.2. The topological polar surface area (TPSA) is 76.4 Å². The molecule has 3 aromatic rings. The number of sulfone groups is 1. The molecule has 1 unspecified atom stereocenters. The van der Waals surface area contributed by atoms with Gasteiger partial charge < -0.3 is 9.73 Å². The van der Waals surface area contributed by atoms with Gasteiger partial charge in [0.1, 0.15) is 5.58 Å². The third-order valence-corrected chi connectivity index (χ3v) is 5.33. The fourth-order valence-corrected chi connectivity index (χ4v) is 3.37. The van der Waals surface area contributed by atoms with Gasteiger partial charge >= 0.3 is 0 Å². The Morgan fingerprint density at radius 3 is 2.32 bits per heavy atom. The Morgan fingerprint density at radius 2 is 1.72 bits per heavy atom. The van der Waals surface area contributed by atoms with Gasteiger partial charge in [0.2, 0.25) is 0 Å². The lowest BCUT2D eigenvalue weighted by molar-refractivity contribution is 0.0913. The second-order valence-corrected chi connectivity index (χ2v) is 8.10. The summed E-state index contributed by atoms with van der Waals surface area (Å²) in [6.07, 6.45) is 1.16. The summed E-state index contributed by atoms with van der Waals surface area (Å²) in [7, 11) is -3.23. The van der Waals surface area contributed by atoms with Gasteiger partial charge in [-0.1, -0.05) is 30.3 Å². The summed E-state index contributed by atoms with van der Waals surface area (Å²) in [5.41, 5.74) is 2.29. The third kappa shape index (κ3) is 3.44. The van der Waals surface area contributed by atoms with Crippen LogP contribution >= 0.6 is 0 Å². The number of amides is 1. The van der Waals surface area contributed by atoms with Gasteiger partial charge in [0.05, 0.1) is 10.9 Å². The minimum Gasteiger partial charge on any atom is -0.451 e. The molecule has 0 saturated heterocycles. The number of aryl methyl sites for hydroxylation is 1. The van der Waals surface area contributed by atoms with E-state index >= 15 is 0 Å². The van der Waals surface area contributed by atoms with E-state index in [0.29, 0.717) is 11.3 Å². The SMILES string of the molecule is Cc1c(C(=O)NC(C)c2ccc(S(C)(=O)=O)cc2)oc2ccccc12. The molecule has 25 heavy (non-hydrogen) atoms. The largest absolute Gasteiger partial charge is 0.451 e. The molecule has 0 aliphatic heterocycles. The number of nitrogens with one attached hydrogen (secondary N) is 1. The second kappa shape index (κ2) is 6.37. The Morgan fingerprint density at radius 1 is 1.08 bits per heavy atom. The highest BCUT2D eigenvalue weighted by molar-refractivity contribution is 7.90. The zero-order chi connectivity index (χ0) is 18.2. The number of carbonyl (C=O) groups excluding carboxylic acids is 1. The Labute approximate surface area is 146 Å². The Bertz CT molecular complexity index is 1030. The first kappa shape index (κ1) is 17.2. The molecule has 1 heterocycles. The van der Waals surface area contributed by atoms with Crippen LogP contribution in [0.15, 0.2) is 57.8 Å². The molecule has 1 atom stereocenters. The van der Waals surface area contributed by atoms with Gasteiger partial charge in [-0.25, -0.2) is 8.42 Å². The van der Waals surface area contributed by atoms with Crippen molar-refractivity contribution in [1.29, 1.82) is 0 Å². The predicted molar refractivity (Wildman–Crippen MR) is 96.4 cm³/mol. The molecule has 6 heteroatoms. The summed E-state index contributed by atoms with van der Waals surface area (Å²) < 4.78 is 28.7. The summed E-state index contributed by atoms with van der Waals surface area (Å²) in [6.45, 7) is 3.69. The Hall–Kier alpha value is -2.60. The van der Waals surface area contributed by atoms with Crippen molar-refractivity contribution in [2.75, 3.05) is 6.26 Å². The highest BCUT2D eigenvalue weighted by Crippen LogP contribution is 2.25. The maximum absolute atomic E-state index is 12.5. The molecule has 1 N–H and O–H groups in total. The van der Waals surface area contributed by atoms with E-state index in [1.54, 1.807) is 24.3 Å². The molecule has 0 fully saturated rings. The first-order chi connectivity index (χ1) is 11.8. The molecule has 2 aromatic carbocycles. The summed E-state index contributed by atoms with van der Waals surface area (Å²) in [5.74, 6) is -0.00537. The maximum Gasteiger partial charge on any atom is 0.287 e. The van der Waals surface area contributed by atoms with Gasteiger partial charge in [0.25, 0.3) is 5.91 Å². The van der Waals surface area contributed by atoms with Crippen molar-refractivity contribution in [3.8, 4) is 0 Å². The number of rotatable bonds is 4. The van der Waals surface area contributed by atoms with E-state index in [2.05, 4.69) is 5.32 Å². The molecule has 0 aliphatic rings. The molecule has 0 spiro atoms. The Balaban J connectivity index is 1.81. The minimum absolute atomic E-state index is 0.253. The fourth-order valence-electron chi connectivity index (χ4n) is 2.74. The number of hydrogen-bond donors (Lipinski definition) is 1. The summed E-state index contributed by atoms with van der Waals surface area (Å²) in [4.78, 5) is 12.8. The van der Waals surface area contributed by atoms with Gasteiger partial charge in [-0.3, -0.25) is 4.79 Å². The van der Waals surface area contributed by atoms with Crippen molar-refractivity contribution in [1.82, 2.24) is 5.32 Å². The number of hydrogen-bond acceptors (Lipinski definition) is 4. The Kier molecular flexibility index (Phi) is 4.39. The first-order valence-corrected chi connectivity index (χ1v) is 9.75. The molecule has 0 radical (unpaired) electrons. The number of para-hydroxylation sites is 1. The number of furan rings is 1. The van der Waals surface area contributed by atoms with Crippen LogP contribution < -0.4 is 5.32 Å². The van der Waals surface area contributed by atoms with Crippen LogP contribution in [0.2, 0.25) is 0 Å². The van der Waals surface area contributed by atoms with Crippen LogP contribution in [0.3, 0.4) is 0 Å². The zero-order valence-corrected chi connectivity index (χ0v) is 15.1. The van der Waals surface area contributed by atoms with Gasteiger partial charge in [-0.15, -0.1) is 0 Å². The number of benzene rings is 2. The van der Waals surface area contributed by atoms with Crippen molar-refractivity contribution in [2.45, 2.75) is 24.8 Å². The molecule has 1 aromatic heterocycles. The second-order valence-electron chi connectivity index (χ2n) is 6.09. The zero-order valence-electron chi connectivity index (χ0n) is 14.2. The van der Waals surface area contributed by atoms with E-state index in [-0.39, 0.29) is 16.8 Å². The molecule has 3 rings (SSSR count). The average Bonchev–Trinajstić information content (AvgIpc) is 2.91. The van der Waals surface area contributed by atoms with E-state index in [0.717, 1.165) is 22.8 Å². The third-order valence-electron chi connectivity index (χ3n) is 4.21. The van der Waals surface area contributed by atoms with E-state index in [1.807, 2.05) is 38.1 Å². The van der Waals surface area contributed by atoms with Crippen LogP contribution in [-0.4, -0.2) is 20.6 Å². The molecule has 0 aliphatic carbocycles. The quantitative estimate of drug-likeness (QED) is 0.773. The van der Waals surface area contributed by atoms with Crippen LogP contribution in [0.25, 0.3) is 11.0 Å². The van der Waals surface area contributed by atoms with Crippen molar-refractivity contribution in [3.63, 3.8) is 0 Å². The lowest BCUT2D eigenvalue weighted by atomic mass is 10.1. The minimum atomic E-state index is -3.23.